The average Bonchev–Trinajstić information content (AvgIpc) is 3.10. The third-order valence-corrected chi connectivity index (χ3v) is 3.23. The Labute approximate surface area is 90.9 Å². The number of carbonyl (C=O) groups excluding carboxylic acids is 1. The largest absolute Gasteiger partial charge is 0.468 e. The topological polar surface area (TPSA) is 38.3 Å². The molecule has 1 saturated carbocycles. The van der Waals surface area contributed by atoms with Crippen LogP contribution in [-0.4, -0.2) is 25.2 Å². The molecule has 0 saturated heterocycles. The van der Waals surface area contributed by atoms with Gasteiger partial charge in [0.25, 0.3) is 0 Å². The number of ether oxygens (including phenoxy) is 1. The molecule has 0 aromatic heterocycles. The zero-order valence-corrected chi connectivity index (χ0v) is 9.24. The van der Waals surface area contributed by atoms with E-state index in [-0.39, 0.29) is 12.0 Å². The fraction of sp³-hybridized carbons (Fsp3) is 0.750. The van der Waals surface area contributed by atoms with Gasteiger partial charge in [-0.05, 0) is 38.0 Å². The molecule has 0 aromatic carbocycles. The van der Waals surface area contributed by atoms with Crippen molar-refractivity contribution in [3.05, 3.63) is 12.2 Å². The first-order valence-corrected chi connectivity index (χ1v) is 5.80. The predicted octanol–water partition coefficient (Wildman–Crippen LogP) is 1.64. The maximum Gasteiger partial charge on any atom is 0.323 e. The summed E-state index contributed by atoms with van der Waals surface area (Å²) in [6.45, 7) is 0. The molecule has 2 rings (SSSR count). The van der Waals surface area contributed by atoms with Gasteiger partial charge in [-0.25, -0.2) is 0 Å². The first-order valence-electron chi connectivity index (χ1n) is 5.80. The zero-order chi connectivity index (χ0) is 10.7. The van der Waals surface area contributed by atoms with Gasteiger partial charge in [-0.2, -0.15) is 0 Å². The van der Waals surface area contributed by atoms with Crippen molar-refractivity contribution in [1.29, 1.82) is 0 Å². The van der Waals surface area contributed by atoms with Gasteiger partial charge in [0, 0.05) is 6.04 Å². The molecule has 0 spiro atoms. The van der Waals surface area contributed by atoms with Crippen molar-refractivity contribution >= 4 is 5.97 Å². The molecule has 0 radical (unpaired) electrons. The summed E-state index contributed by atoms with van der Waals surface area (Å²) in [5.74, 6) is 0.426. The second kappa shape index (κ2) is 4.79. The molecule has 3 nitrogen and oxygen atoms in total. The highest BCUT2D eigenvalue weighted by atomic mass is 16.5. The zero-order valence-electron chi connectivity index (χ0n) is 9.24. The number of methoxy groups -OCH3 is 1. The van der Waals surface area contributed by atoms with E-state index in [0.717, 1.165) is 32.1 Å². The van der Waals surface area contributed by atoms with E-state index in [1.54, 1.807) is 0 Å². The van der Waals surface area contributed by atoms with Crippen LogP contribution in [-0.2, 0) is 9.53 Å². The van der Waals surface area contributed by atoms with Gasteiger partial charge < -0.3 is 10.1 Å². The van der Waals surface area contributed by atoms with E-state index in [0.29, 0.717) is 12.0 Å². The van der Waals surface area contributed by atoms with Gasteiger partial charge in [-0.1, -0.05) is 12.2 Å². The summed E-state index contributed by atoms with van der Waals surface area (Å²) in [6, 6.07) is 0.395. The third-order valence-electron chi connectivity index (χ3n) is 3.23. The fourth-order valence-electron chi connectivity index (χ4n) is 2.15. The van der Waals surface area contributed by atoms with E-state index in [9.17, 15) is 4.79 Å². The van der Waals surface area contributed by atoms with Gasteiger partial charge in [-0.15, -0.1) is 0 Å². The molecule has 2 aliphatic rings. The second-order valence-corrected chi connectivity index (χ2v) is 4.49. The van der Waals surface area contributed by atoms with E-state index in [2.05, 4.69) is 17.5 Å². The highest BCUT2D eigenvalue weighted by Gasteiger charge is 2.37. The maximum absolute atomic E-state index is 11.6. The number of nitrogens with one attached hydrogen (secondary N) is 1. The lowest BCUT2D eigenvalue weighted by molar-refractivity contribution is -0.144. The van der Waals surface area contributed by atoms with E-state index in [1.807, 2.05) is 0 Å². The minimum Gasteiger partial charge on any atom is -0.468 e. The number of esters is 1. The average molecular weight is 209 g/mol. The van der Waals surface area contributed by atoms with E-state index in [4.69, 9.17) is 4.74 Å². The highest BCUT2D eigenvalue weighted by Crippen LogP contribution is 2.33. The maximum atomic E-state index is 11.6. The lowest BCUT2D eigenvalue weighted by Crippen LogP contribution is -2.45. The van der Waals surface area contributed by atoms with Crippen LogP contribution in [0.25, 0.3) is 0 Å². The number of carbonyl (C=O) groups is 1. The Kier molecular flexibility index (Phi) is 3.41. The normalized spacial score (nSPS) is 27.4. The van der Waals surface area contributed by atoms with Crippen molar-refractivity contribution in [3.63, 3.8) is 0 Å². The van der Waals surface area contributed by atoms with Crippen LogP contribution >= 0.6 is 0 Å². The standard InChI is InChI=1S/C12H19NO2/c1-15-12(14)11(9-7-8-9)13-10-5-3-2-4-6-10/h2-3,9-11,13H,4-8H2,1H3. The van der Waals surface area contributed by atoms with E-state index in [1.165, 1.54) is 7.11 Å². The quantitative estimate of drug-likeness (QED) is 0.565. The molecule has 15 heavy (non-hydrogen) atoms. The van der Waals surface area contributed by atoms with Crippen LogP contribution in [0.1, 0.15) is 32.1 Å². The van der Waals surface area contributed by atoms with Crippen molar-refractivity contribution in [2.24, 2.45) is 5.92 Å². The lowest BCUT2D eigenvalue weighted by Gasteiger charge is -2.24. The fourth-order valence-corrected chi connectivity index (χ4v) is 2.15. The van der Waals surface area contributed by atoms with E-state index >= 15 is 0 Å². The van der Waals surface area contributed by atoms with Gasteiger partial charge in [0.15, 0.2) is 0 Å². The summed E-state index contributed by atoms with van der Waals surface area (Å²) in [5.41, 5.74) is 0. The Balaban J connectivity index is 1.88. The first-order chi connectivity index (χ1) is 7.31. The molecule has 3 heteroatoms. The molecular formula is C12H19NO2. The molecule has 84 valence electrons. The summed E-state index contributed by atoms with van der Waals surface area (Å²) < 4.78 is 4.84. The number of rotatable bonds is 4. The molecule has 0 aliphatic heterocycles. The molecule has 2 unspecified atom stereocenters. The second-order valence-electron chi connectivity index (χ2n) is 4.49. The van der Waals surface area contributed by atoms with Gasteiger partial charge in [-0.3, -0.25) is 4.79 Å². The third kappa shape index (κ3) is 2.81. The van der Waals surface area contributed by atoms with Gasteiger partial charge in [0.2, 0.25) is 0 Å². The summed E-state index contributed by atoms with van der Waals surface area (Å²) >= 11 is 0. The number of hydrogen-bond donors (Lipinski definition) is 1. The van der Waals surface area contributed by atoms with Crippen molar-refractivity contribution in [3.8, 4) is 0 Å². The predicted molar refractivity (Wildman–Crippen MR) is 58.4 cm³/mol. The summed E-state index contributed by atoms with van der Waals surface area (Å²) in [5, 5.41) is 3.44. The minimum absolute atomic E-state index is 0.0634. The van der Waals surface area contributed by atoms with Crippen LogP contribution in [0, 0.1) is 5.92 Å². The van der Waals surface area contributed by atoms with Crippen molar-refractivity contribution in [1.82, 2.24) is 5.32 Å². The molecule has 0 amide bonds. The van der Waals surface area contributed by atoms with Crippen molar-refractivity contribution < 1.29 is 9.53 Å². The Morgan fingerprint density at radius 1 is 1.40 bits per heavy atom. The Hall–Kier alpha value is -0.830. The Bertz CT molecular complexity index is 258. The van der Waals surface area contributed by atoms with Crippen molar-refractivity contribution in [2.75, 3.05) is 7.11 Å². The molecule has 1 N–H and O–H groups in total. The first kappa shape index (κ1) is 10.7. The molecule has 0 bridgehead atoms. The molecule has 2 atom stereocenters. The SMILES string of the molecule is COC(=O)C(NC1CC=CCC1)C1CC1. The summed E-state index contributed by atoms with van der Waals surface area (Å²) in [7, 11) is 1.47. The van der Waals surface area contributed by atoms with Crippen LogP contribution in [0.3, 0.4) is 0 Å². The van der Waals surface area contributed by atoms with Crippen LogP contribution in [0.5, 0.6) is 0 Å². The summed E-state index contributed by atoms with van der Waals surface area (Å²) in [6.07, 6.45) is 10.0. The lowest BCUT2D eigenvalue weighted by atomic mass is 10.00. The Morgan fingerprint density at radius 3 is 2.73 bits per heavy atom. The van der Waals surface area contributed by atoms with Crippen molar-refractivity contribution in [2.45, 2.75) is 44.2 Å². The van der Waals surface area contributed by atoms with Crippen LogP contribution in [0.4, 0.5) is 0 Å². The molecule has 0 aromatic rings. The minimum atomic E-state index is -0.0907. The highest BCUT2D eigenvalue weighted by molar-refractivity contribution is 5.76. The molecular weight excluding hydrogens is 190 g/mol. The number of allylic oxidation sites excluding steroid dienone is 1. The summed E-state index contributed by atoms with van der Waals surface area (Å²) in [4.78, 5) is 11.6. The van der Waals surface area contributed by atoms with Gasteiger partial charge in [0.1, 0.15) is 6.04 Å². The van der Waals surface area contributed by atoms with E-state index < -0.39 is 0 Å². The Morgan fingerprint density at radius 2 is 2.20 bits per heavy atom. The van der Waals surface area contributed by atoms with Crippen LogP contribution in [0.2, 0.25) is 0 Å². The van der Waals surface area contributed by atoms with Crippen LogP contribution in [0.15, 0.2) is 12.2 Å². The molecule has 0 heterocycles. The monoisotopic (exact) mass is 209 g/mol. The smallest absolute Gasteiger partial charge is 0.323 e. The van der Waals surface area contributed by atoms with Gasteiger partial charge in [0.05, 0.1) is 7.11 Å². The number of hydrogen-bond acceptors (Lipinski definition) is 3. The molecule has 2 aliphatic carbocycles. The molecule has 1 fully saturated rings. The van der Waals surface area contributed by atoms with Gasteiger partial charge >= 0.3 is 5.97 Å². The van der Waals surface area contributed by atoms with Crippen LogP contribution < -0.4 is 5.32 Å².